The number of nitrogens with two attached hydrogens (primary N) is 1. The third kappa shape index (κ3) is 3.25. The van der Waals surface area contributed by atoms with E-state index in [-0.39, 0.29) is 18.5 Å². The minimum absolute atomic E-state index is 0.0483. The molecule has 7 nitrogen and oxygen atoms in total. The number of halogens is 1. The van der Waals surface area contributed by atoms with Crippen molar-refractivity contribution in [3.8, 4) is 0 Å². The predicted molar refractivity (Wildman–Crippen MR) is 64.0 cm³/mol. The van der Waals surface area contributed by atoms with Gasteiger partial charge in [-0.25, -0.2) is 10.8 Å². The third-order valence-corrected chi connectivity index (χ3v) is 2.66. The van der Waals surface area contributed by atoms with Gasteiger partial charge in [0.05, 0.1) is 9.99 Å². The standard InChI is InChI=1S/C8H11IN4O3/c1-5-11-4-6(9)8(15)13(5)3-2-7(14)16-12-10/h4,12H,2-3,10H2,1H3. The quantitative estimate of drug-likeness (QED) is 0.435. The molecule has 0 saturated heterocycles. The highest BCUT2D eigenvalue weighted by atomic mass is 127. The Morgan fingerprint density at radius 3 is 3.06 bits per heavy atom. The van der Waals surface area contributed by atoms with Gasteiger partial charge in [0.15, 0.2) is 0 Å². The number of nitrogens with one attached hydrogen (secondary N) is 1. The van der Waals surface area contributed by atoms with Gasteiger partial charge in [-0.15, -0.1) is 0 Å². The molecule has 0 unspecified atom stereocenters. The van der Waals surface area contributed by atoms with Crippen LogP contribution in [0.25, 0.3) is 0 Å². The molecule has 0 bridgehead atoms. The molecule has 3 N–H and O–H groups in total. The van der Waals surface area contributed by atoms with Gasteiger partial charge in [-0.05, 0) is 29.5 Å². The summed E-state index contributed by atoms with van der Waals surface area (Å²) in [5, 5.41) is 0. The Labute approximate surface area is 105 Å². The Balaban J connectivity index is 2.78. The first-order valence-corrected chi connectivity index (χ1v) is 5.51. The second-order valence-corrected chi connectivity index (χ2v) is 4.11. The molecule has 0 aliphatic heterocycles. The van der Waals surface area contributed by atoms with E-state index in [1.54, 1.807) is 12.5 Å². The van der Waals surface area contributed by atoms with E-state index in [9.17, 15) is 9.59 Å². The maximum absolute atomic E-state index is 11.7. The van der Waals surface area contributed by atoms with Crippen molar-refractivity contribution in [1.82, 2.24) is 15.1 Å². The van der Waals surface area contributed by atoms with Crippen LogP contribution in [0.1, 0.15) is 12.2 Å². The van der Waals surface area contributed by atoms with Crippen molar-refractivity contribution in [3.63, 3.8) is 0 Å². The van der Waals surface area contributed by atoms with Crippen molar-refractivity contribution >= 4 is 28.6 Å². The zero-order valence-corrected chi connectivity index (χ0v) is 10.7. The molecule has 1 aromatic heterocycles. The maximum atomic E-state index is 11.7. The highest BCUT2D eigenvalue weighted by Crippen LogP contribution is 1.99. The molecule has 0 aromatic carbocycles. The molecule has 0 aliphatic rings. The van der Waals surface area contributed by atoms with Crippen LogP contribution in [-0.4, -0.2) is 15.5 Å². The molecule has 0 spiro atoms. The summed E-state index contributed by atoms with van der Waals surface area (Å²) in [6, 6.07) is 0. The fourth-order valence-corrected chi connectivity index (χ4v) is 1.56. The van der Waals surface area contributed by atoms with Gasteiger partial charge >= 0.3 is 5.97 Å². The Morgan fingerprint density at radius 1 is 1.75 bits per heavy atom. The number of aromatic nitrogens is 2. The highest BCUT2D eigenvalue weighted by Gasteiger charge is 2.08. The maximum Gasteiger partial charge on any atom is 0.328 e. The van der Waals surface area contributed by atoms with Crippen molar-refractivity contribution in [2.75, 3.05) is 0 Å². The second kappa shape index (κ2) is 5.92. The first-order valence-electron chi connectivity index (χ1n) is 4.43. The monoisotopic (exact) mass is 338 g/mol. The first kappa shape index (κ1) is 13.1. The van der Waals surface area contributed by atoms with Crippen LogP contribution in [-0.2, 0) is 16.2 Å². The number of carbonyl (C=O) groups excluding carboxylic acids is 1. The van der Waals surface area contributed by atoms with Crippen molar-refractivity contribution in [2.24, 2.45) is 5.84 Å². The molecule has 0 fully saturated rings. The van der Waals surface area contributed by atoms with E-state index in [1.807, 2.05) is 22.6 Å². The fourth-order valence-electron chi connectivity index (χ4n) is 1.13. The van der Waals surface area contributed by atoms with E-state index < -0.39 is 5.97 Å². The number of rotatable bonds is 4. The predicted octanol–water partition coefficient (Wildman–Crippen LogP) is -0.532. The molecule has 1 rings (SSSR count). The van der Waals surface area contributed by atoms with Crippen LogP contribution in [0.5, 0.6) is 0 Å². The van der Waals surface area contributed by atoms with Crippen LogP contribution in [0.2, 0.25) is 0 Å². The summed E-state index contributed by atoms with van der Waals surface area (Å²) in [7, 11) is 0. The number of aryl methyl sites for hydroxylation is 1. The van der Waals surface area contributed by atoms with E-state index in [1.165, 1.54) is 10.8 Å². The minimum atomic E-state index is -0.535. The molecule has 0 aliphatic carbocycles. The van der Waals surface area contributed by atoms with Crippen LogP contribution in [0.4, 0.5) is 0 Å². The number of hydrogen-bond acceptors (Lipinski definition) is 6. The van der Waals surface area contributed by atoms with Gasteiger partial charge in [-0.3, -0.25) is 14.2 Å². The first-order chi connectivity index (χ1) is 7.56. The van der Waals surface area contributed by atoms with Crippen LogP contribution < -0.4 is 17.0 Å². The number of hydrogen-bond donors (Lipinski definition) is 2. The second-order valence-electron chi connectivity index (χ2n) is 2.95. The van der Waals surface area contributed by atoms with E-state index in [0.717, 1.165) is 0 Å². The van der Waals surface area contributed by atoms with Crippen molar-refractivity contribution < 1.29 is 9.63 Å². The SMILES string of the molecule is Cc1ncc(I)c(=O)n1CCC(=O)ONN. The van der Waals surface area contributed by atoms with Gasteiger partial charge < -0.3 is 4.84 Å². The summed E-state index contributed by atoms with van der Waals surface area (Å²) in [5.74, 6) is 4.83. The summed E-state index contributed by atoms with van der Waals surface area (Å²) < 4.78 is 1.92. The summed E-state index contributed by atoms with van der Waals surface area (Å²) >= 11 is 1.90. The lowest BCUT2D eigenvalue weighted by atomic mass is 10.4. The van der Waals surface area contributed by atoms with Crippen molar-refractivity contribution in [3.05, 3.63) is 25.9 Å². The molecule has 0 radical (unpaired) electrons. The van der Waals surface area contributed by atoms with Gasteiger partial charge in [-0.1, -0.05) is 5.59 Å². The lowest BCUT2D eigenvalue weighted by Crippen LogP contribution is -2.30. The number of carbonyl (C=O) groups is 1. The zero-order valence-electron chi connectivity index (χ0n) is 8.57. The number of nitrogens with zero attached hydrogens (tertiary/aromatic N) is 2. The van der Waals surface area contributed by atoms with Crippen molar-refractivity contribution in [2.45, 2.75) is 19.9 Å². The van der Waals surface area contributed by atoms with Crippen LogP contribution in [0.15, 0.2) is 11.0 Å². The van der Waals surface area contributed by atoms with Gasteiger partial charge in [0.25, 0.3) is 5.56 Å². The van der Waals surface area contributed by atoms with E-state index in [2.05, 4.69) is 9.82 Å². The van der Waals surface area contributed by atoms with Gasteiger partial charge in [0.1, 0.15) is 5.82 Å². The van der Waals surface area contributed by atoms with E-state index in [0.29, 0.717) is 9.39 Å². The summed E-state index contributed by atoms with van der Waals surface area (Å²) in [4.78, 5) is 31.1. The molecule has 0 atom stereocenters. The summed E-state index contributed by atoms with van der Waals surface area (Å²) in [6.07, 6.45) is 1.54. The molecule has 8 heteroatoms. The average Bonchev–Trinajstić information content (AvgIpc) is 2.24. The molecule has 1 heterocycles. The summed E-state index contributed by atoms with van der Waals surface area (Å²) in [5.41, 5.74) is 1.63. The Hall–Kier alpha value is -1.00. The lowest BCUT2D eigenvalue weighted by molar-refractivity contribution is -0.151. The molecule has 88 valence electrons. The van der Waals surface area contributed by atoms with Gasteiger partial charge in [0, 0.05) is 12.7 Å². The normalized spacial score (nSPS) is 10.2. The van der Waals surface area contributed by atoms with Gasteiger partial charge in [-0.2, -0.15) is 0 Å². The molecular formula is C8H11IN4O3. The summed E-state index contributed by atoms with van der Waals surface area (Å²) in [6.45, 7) is 1.92. The average molecular weight is 338 g/mol. The Kier molecular flexibility index (Phi) is 4.83. The van der Waals surface area contributed by atoms with Crippen LogP contribution >= 0.6 is 22.6 Å². The molecule has 1 aromatic rings. The van der Waals surface area contributed by atoms with Crippen LogP contribution in [0, 0.1) is 10.5 Å². The molecule has 0 saturated carbocycles. The van der Waals surface area contributed by atoms with Crippen LogP contribution in [0.3, 0.4) is 0 Å². The molecule has 0 amide bonds. The topological polar surface area (TPSA) is 99.2 Å². The molecular weight excluding hydrogens is 327 g/mol. The zero-order chi connectivity index (χ0) is 12.1. The number of hydrazine groups is 1. The largest absolute Gasteiger partial charge is 0.356 e. The highest BCUT2D eigenvalue weighted by molar-refractivity contribution is 14.1. The smallest absolute Gasteiger partial charge is 0.328 e. The van der Waals surface area contributed by atoms with E-state index >= 15 is 0 Å². The Bertz CT molecular complexity index is 445. The van der Waals surface area contributed by atoms with Gasteiger partial charge in [0.2, 0.25) is 0 Å². The lowest BCUT2D eigenvalue weighted by Gasteiger charge is -2.08. The third-order valence-electron chi connectivity index (χ3n) is 1.92. The van der Waals surface area contributed by atoms with Crippen molar-refractivity contribution in [1.29, 1.82) is 0 Å². The minimum Gasteiger partial charge on any atom is -0.356 e. The fraction of sp³-hybridized carbons (Fsp3) is 0.375. The Morgan fingerprint density at radius 2 is 2.44 bits per heavy atom. The van der Waals surface area contributed by atoms with E-state index in [4.69, 9.17) is 5.84 Å². The molecule has 16 heavy (non-hydrogen) atoms.